The van der Waals surface area contributed by atoms with Gasteiger partial charge in [0.15, 0.2) is 11.6 Å². The number of rotatable bonds is 8. The number of hydrogen-bond acceptors (Lipinski definition) is 4. The van der Waals surface area contributed by atoms with Gasteiger partial charge in [0.1, 0.15) is 6.61 Å². The Morgan fingerprint density at radius 3 is 2.85 bits per heavy atom. The van der Waals surface area contributed by atoms with E-state index < -0.39 is 17.7 Å². The summed E-state index contributed by atoms with van der Waals surface area (Å²) in [6, 6.07) is 10.4. The van der Waals surface area contributed by atoms with Crippen LogP contribution in [-0.4, -0.2) is 21.3 Å². The van der Waals surface area contributed by atoms with Crippen LogP contribution in [0.5, 0.6) is 5.75 Å². The fourth-order valence-electron chi connectivity index (χ4n) is 2.64. The average Bonchev–Trinajstić information content (AvgIpc) is 2.58. The number of carbonyl (C=O) groups is 1. The number of hydrogen-bond donors (Lipinski definition) is 1. The van der Waals surface area contributed by atoms with Crippen molar-refractivity contribution in [3.05, 3.63) is 53.5 Å². The smallest absolute Gasteiger partial charge is 0.306 e. The minimum atomic E-state index is -0.892. The van der Waals surface area contributed by atoms with Crippen LogP contribution in [-0.2, 0) is 17.8 Å². The predicted molar refractivity (Wildman–Crippen MR) is 99.0 cm³/mol. The van der Waals surface area contributed by atoms with Crippen molar-refractivity contribution in [1.82, 2.24) is 4.98 Å². The van der Waals surface area contributed by atoms with E-state index in [1.54, 1.807) is 30.8 Å². The molecular formula is C20H22FNO3S. The first kappa shape index (κ1) is 18.7. The highest BCUT2D eigenvalue weighted by Gasteiger charge is 2.19. The normalized spacial score (nSPS) is 15.3. The number of pyridine rings is 1. The van der Waals surface area contributed by atoms with E-state index >= 15 is 0 Å². The Bertz CT molecular complexity index is 779. The molecule has 3 rings (SSSR count). The molecule has 1 aliphatic rings. The number of carboxylic acid groups (broad SMARTS) is 1. The van der Waals surface area contributed by atoms with Gasteiger partial charge >= 0.3 is 5.97 Å². The Kier molecular flexibility index (Phi) is 6.14. The van der Waals surface area contributed by atoms with Gasteiger partial charge in [0.05, 0.1) is 16.6 Å². The molecule has 1 atom stereocenters. The molecule has 1 unspecified atom stereocenters. The molecular weight excluding hydrogens is 353 g/mol. The molecule has 1 aromatic heterocycles. The van der Waals surface area contributed by atoms with E-state index in [1.807, 2.05) is 18.2 Å². The maximum Gasteiger partial charge on any atom is 0.306 e. The molecule has 1 aliphatic carbocycles. The molecule has 1 heterocycles. The number of halogens is 1. The third kappa shape index (κ3) is 4.97. The lowest BCUT2D eigenvalue weighted by molar-refractivity contribution is -0.141. The number of thioether (sulfide) groups is 1. The lowest BCUT2D eigenvalue weighted by Crippen LogP contribution is -2.13. The van der Waals surface area contributed by atoms with E-state index in [2.05, 4.69) is 4.98 Å². The lowest BCUT2D eigenvalue weighted by atomic mass is 10.0. The van der Waals surface area contributed by atoms with Crippen molar-refractivity contribution in [2.45, 2.75) is 49.5 Å². The molecule has 0 radical (unpaired) electrons. The van der Waals surface area contributed by atoms with Crippen molar-refractivity contribution in [3.8, 4) is 5.75 Å². The summed E-state index contributed by atoms with van der Waals surface area (Å²) in [7, 11) is 0. The quantitative estimate of drug-likeness (QED) is 0.724. The molecule has 1 fully saturated rings. The Hall–Kier alpha value is -2.08. The van der Waals surface area contributed by atoms with Gasteiger partial charge < -0.3 is 9.84 Å². The van der Waals surface area contributed by atoms with Crippen molar-refractivity contribution < 1.29 is 19.0 Å². The van der Waals surface area contributed by atoms with Crippen LogP contribution in [0.2, 0.25) is 0 Å². The zero-order chi connectivity index (χ0) is 18.5. The van der Waals surface area contributed by atoms with Crippen LogP contribution >= 0.6 is 11.8 Å². The number of ether oxygens (including phenoxy) is 1. The predicted octanol–water partition coefficient (Wildman–Crippen LogP) is 4.71. The van der Waals surface area contributed by atoms with E-state index in [-0.39, 0.29) is 18.8 Å². The second-order valence-corrected chi connectivity index (χ2v) is 7.96. The molecule has 1 saturated carbocycles. The second-order valence-electron chi connectivity index (χ2n) is 6.63. The molecule has 0 bridgehead atoms. The van der Waals surface area contributed by atoms with Gasteiger partial charge in [0.25, 0.3) is 0 Å². The van der Waals surface area contributed by atoms with Gasteiger partial charge in [-0.25, -0.2) is 9.37 Å². The SMILES string of the molecule is CC(Cc1ccc(OCc2cccc(SC3CCC3)n2)c(F)c1)C(=O)O. The Morgan fingerprint density at radius 2 is 2.19 bits per heavy atom. The molecule has 6 heteroatoms. The Labute approximate surface area is 156 Å². The van der Waals surface area contributed by atoms with Gasteiger partial charge in [0.2, 0.25) is 0 Å². The van der Waals surface area contributed by atoms with E-state index in [0.717, 1.165) is 10.7 Å². The number of aromatic nitrogens is 1. The summed E-state index contributed by atoms with van der Waals surface area (Å²) >= 11 is 1.79. The van der Waals surface area contributed by atoms with Gasteiger partial charge in [-0.15, -0.1) is 11.8 Å². The van der Waals surface area contributed by atoms with Gasteiger partial charge in [-0.1, -0.05) is 25.5 Å². The number of carboxylic acids is 1. The maximum atomic E-state index is 14.2. The van der Waals surface area contributed by atoms with E-state index in [9.17, 15) is 9.18 Å². The van der Waals surface area contributed by atoms with Crippen LogP contribution in [0.3, 0.4) is 0 Å². The first-order chi connectivity index (χ1) is 12.5. The van der Waals surface area contributed by atoms with Crippen LogP contribution in [0.4, 0.5) is 4.39 Å². The molecule has 1 N–H and O–H groups in total. The van der Waals surface area contributed by atoms with Crippen molar-refractivity contribution in [3.63, 3.8) is 0 Å². The van der Waals surface area contributed by atoms with E-state index in [0.29, 0.717) is 10.8 Å². The highest BCUT2D eigenvalue weighted by atomic mass is 32.2. The number of benzene rings is 1. The van der Waals surface area contributed by atoms with Gasteiger partial charge in [-0.05, 0) is 49.1 Å². The molecule has 4 nitrogen and oxygen atoms in total. The molecule has 1 aromatic carbocycles. The zero-order valence-corrected chi connectivity index (χ0v) is 15.5. The molecule has 0 saturated heterocycles. The fraction of sp³-hybridized carbons (Fsp3) is 0.400. The summed E-state index contributed by atoms with van der Waals surface area (Å²) in [5.41, 5.74) is 1.40. The second kappa shape index (κ2) is 8.54. The highest BCUT2D eigenvalue weighted by molar-refractivity contribution is 7.99. The molecule has 0 spiro atoms. The van der Waals surface area contributed by atoms with Crippen molar-refractivity contribution in [2.24, 2.45) is 5.92 Å². The molecule has 0 aliphatic heterocycles. The first-order valence-corrected chi connectivity index (χ1v) is 9.66. The van der Waals surface area contributed by atoms with Crippen LogP contribution in [0.25, 0.3) is 0 Å². The summed E-state index contributed by atoms with van der Waals surface area (Å²) < 4.78 is 19.8. The van der Waals surface area contributed by atoms with Gasteiger partial charge in [-0.3, -0.25) is 4.79 Å². The van der Waals surface area contributed by atoms with E-state index in [4.69, 9.17) is 9.84 Å². The maximum absolute atomic E-state index is 14.2. The third-order valence-corrected chi connectivity index (χ3v) is 5.73. The summed E-state index contributed by atoms with van der Waals surface area (Å²) in [5, 5.41) is 10.6. The van der Waals surface area contributed by atoms with Gasteiger partial charge in [0, 0.05) is 5.25 Å². The monoisotopic (exact) mass is 375 g/mol. The van der Waals surface area contributed by atoms with Crippen LogP contribution in [0.15, 0.2) is 41.4 Å². The minimum Gasteiger partial charge on any atom is -0.484 e. The lowest BCUT2D eigenvalue weighted by Gasteiger charge is -2.24. The fourth-order valence-corrected chi connectivity index (χ4v) is 3.88. The number of aliphatic carboxylic acids is 1. The van der Waals surface area contributed by atoms with E-state index in [1.165, 1.54) is 25.3 Å². The Balaban J connectivity index is 1.59. The van der Waals surface area contributed by atoms with Gasteiger partial charge in [-0.2, -0.15) is 0 Å². The summed E-state index contributed by atoms with van der Waals surface area (Å²) in [6.07, 6.45) is 4.06. The highest BCUT2D eigenvalue weighted by Crippen LogP contribution is 2.35. The molecule has 26 heavy (non-hydrogen) atoms. The molecule has 138 valence electrons. The summed E-state index contributed by atoms with van der Waals surface area (Å²) in [6.45, 7) is 1.80. The van der Waals surface area contributed by atoms with Crippen LogP contribution in [0.1, 0.15) is 37.4 Å². The topological polar surface area (TPSA) is 59.4 Å². The summed E-state index contributed by atoms with van der Waals surface area (Å²) in [4.78, 5) is 15.5. The minimum absolute atomic E-state index is 0.149. The largest absolute Gasteiger partial charge is 0.484 e. The van der Waals surface area contributed by atoms with Crippen LogP contribution in [0, 0.1) is 11.7 Å². The Morgan fingerprint density at radius 1 is 1.38 bits per heavy atom. The molecule has 0 amide bonds. The standard InChI is InChI=1S/C20H22FNO3S/c1-13(20(23)24)10-14-8-9-18(17(21)11-14)25-12-15-4-2-7-19(22-15)26-16-5-3-6-16/h2,4,7-9,11,13,16H,3,5-6,10,12H2,1H3,(H,23,24). The third-order valence-electron chi connectivity index (χ3n) is 4.46. The number of nitrogens with zero attached hydrogens (tertiary/aromatic N) is 1. The average molecular weight is 375 g/mol. The first-order valence-electron chi connectivity index (χ1n) is 8.78. The van der Waals surface area contributed by atoms with Crippen molar-refractivity contribution in [2.75, 3.05) is 0 Å². The summed E-state index contributed by atoms with van der Waals surface area (Å²) in [5.74, 6) is -1.78. The van der Waals surface area contributed by atoms with Crippen LogP contribution < -0.4 is 4.74 Å². The zero-order valence-electron chi connectivity index (χ0n) is 14.7. The molecule has 2 aromatic rings. The van der Waals surface area contributed by atoms with Crippen molar-refractivity contribution >= 4 is 17.7 Å². The van der Waals surface area contributed by atoms with Crippen molar-refractivity contribution in [1.29, 1.82) is 0 Å².